The second-order valence-corrected chi connectivity index (χ2v) is 8.25. The molecule has 4 heterocycles. The first-order valence-corrected chi connectivity index (χ1v) is 10.0. The molecule has 10 nitrogen and oxygen atoms in total. The predicted octanol–water partition coefficient (Wildman–Crippen LogP) is 2.09. The van der Waals surface area contributed by atoms with Crippen LogP contribution in [0.2, 0.25) is 0 Å². The number of aliphatic carboxylic acids is 1. The van der Waals surface area contributed by atoms with Crippen LogP contribution in [-0.4, -0.2) is 54.8 Å². The van der Waals surface area contributed by atoms with E-state index in [9.17, 15) is 9.90 Å². The summed E-state index contributed by atoms with van der Waals surface area (Å²) in [6, 6.07) is 8.18. The number of benzene rings is 1. The van der Waals surface area contributed by atoms with Crippen molar-refractivity contribution in [3.63, 3.8) is 0 Å². The highest BCUT2D eigenvalue weighted by atomic mass is 16.8. The number of rotatable bonds is 5. The van der Waals surface area contributed by atoms with Crippen LogP contribution in [0.5, 0.6) is 0 Å². The van der Waals surface area contributed by atoms with Gasteiger partial charge in [0.2, 0.25) is 0 Å². The van der Waals surface area contributed by atoms with Gasteiger partial charge < -0.3 is 24.6 Å². The third-order valence-corrected chi connectivity index (χ3v) is 5.46. The highest BCUT2D eigenvalue weighted by Gasteiger charge is 2.58. The summed E-state index contributed by atoms with van der Waals surface area (Å²) >= 11 is 0. The number of aromatic nitrogens is 4. The first kappa shape index (κ1) is 19.9. The Labute approximate surface area is 178 Å². The molecule has 2 aliphatic heterocycles. The predicted molar refractivity (Wildman–Crippen MR) is 108 cm³/mol. The molecule has 2 N–H and O–H groups in total. The number of nitrogens with zero attached hydrogens (tertiary/aromatic N) is 4. The molecule has 4 unspecified atom stereocenters. The number of carboxylic acid groups (broad SMARTS) is 1. The van der Waals surface area contributed by atoms with Gasteiger partial charge in [0, 0.05) is 6.54 Å². The fourth-order valence-electron chi connectivity index (χ4n) is 4.20. The molecule has 2 fully saturated rings. The molecule has 2 aromatic heterocycles. The smallest absolute Gasteiger partial charge is 0.335 e. The summed E-state index contributed by atoms with van der Waals surface area (Å²) in [6.45, 7) is 6.13. The minimum absolute atomic E-state index is 0.516. The zero-order valence-electron chi connectivity index (χ0n) is 17.3. The van der Waals surface area contributed by atoms with Crippen molar-refractivity contribution >= 4 is 17.4 Å². The first-order valence-electron chi connectivity index (χ1n) is 10.0. The monoisotopic (exact) mass is 425 g/mol. The molecule has 0 aliphatic carbocycles. The zero-order chi connectivity index (χ0) is 21.8. The summed E-state index contributed by atoms with van der Waals surface area (Å²) in [7, 11) is 0. The van der Waals surface area contributed by atoms with E-state index in [1.807, 2.05) is 25.1 Å². The van der Waals surface area contributed by atoms with Gasteiger partial charge in [-0.1, -0.05) is 29.8 Å². The minimum atomic E-state index is -1.14. The van der Waals surface area contributed by atoms with Crippen molar-refractivity contribution < 1.29 is 24.1 Å². The van der Waals surface area contributed by atoms with Crippen LogP contribution in [0.3, 0.4) is 0 Å². The summed E-state index contributed by atoms with van der Waals surface area (Å²) in [5.74, 6) is -1.43. The zero-order valence-corrected chi connectivity index (χ0v) is 17.3. The fourth-order valence-corrected chi connectivity index (χ4v) is 4.20. The van der Waals surface area contributed by atoms with Gasteiger partial charge in [0.15, 0.2) is 23.4 Å². The van der Waals surface area contributed by atoms with E-state index >= 15 is 0 Å². The molecule has 31 heavy (non-hydrogen) atoms. The Morgan fingerprint density at radius 1 is 1.26 bits per heavy atom. The van der Waals surface area contributed by atoms with Gasteiger partial charge in [0.05, 0.1) is 11.9 Å². The number of imidazole rings is 1. The number of carbonyl (C=O) groups is 1. The molecule has 1 aromatic carbocycles. The van der Waals surface area contributed by atoms with Gasteiger partial charge in [0.25, 0.3) is 0 Å². The van der Waals surface area contributed by atoms with Crippen LogP contribution in [0.25, 0.3) is 5.65 Å². The van der Waals surface area contributed by atoms with Crippen LogP contribution in [0, 0.1) is 6.92 Å². The largest absolute Gasteiger partial charge is 0.479 e. The number of carboxylic acids is 1. The number of anilines is 1. The van der Waals surface area contributed by atoms with E-state index in [1.165, 1.54) is 11.9 Å². The normalized spacial score (nSPS) is 26.8. The molecule has 0 spiro atoms. The van der Waals surface area contributed by atoms with Crippen molar-refractivity contribution in [2.75, 3.05) is 5.32 Å². The average Bonchev–Trinajstić information content (AvgIpc) is 3.37. The summed E-state index contributed by atoms with van der Waals surface area (Å²) in [5.41, 5.74) is 3.39. The topological polar surface area (TPSA) is 120 Å². The fraction of sp³-hybridized carbons (Fsp3) is 0.429. The molecule has 3 aromatic rings. The van der Waals surface area contributed by atoms with Crippen molar-refractivity contribution in [1.29, 1.82) is 0 Å². The van der Waals surface area contributed by atoms with Gasteiger partial charge in [-0.05, 0) is 26.3 Å². The highest BCUT2D eigenvalue weighted by Crippen LogP contribution is 2.45. The van der Waals surface area contributed by atoms with Gasteiger partial charge in [-0.15, -0.1) is 0 Å². The third-order valence-electron chi connectivity index (χ3n) is 5.46. The lowest BCUT2D eigenvalue weighted by atomic mass is 10.1. The Balaban J connectivity index is 1.45. The summed E-state index contributed by atoms with van der Waals surface area (Å²) in [5, 5.41) is 17.2. The molecule has 2 aliphatic rings. The number of hydrogen-bond donors (Lipinski definition) is 2. The quantitative estimate of drug-likeness (QED) is 0.633. The Morgan fingerprint density at radius 3 is 2.84 bits per heavy atom. The molecule has 5 rings (SSSR count). The SMILES string of the molecule is Cc1cccc(CNc2ncnn3c(C4OC(C(=O)O)C5OC(C)(C)OC45)cnc23)c1. The number of ether oxygens (including phenoxy) is 3. The van der Waals surface area contributed by atoms with Crippen LogP contribution in [0.1, 0.15) is 36.8 Å². The van der Waals surface area contributed by atoms with E-state index in [0.29, 0.717) is 23.7 Å². The van der Waals surface area contributed by atoms with Crippen molar-refractivity contribution in [2.45, 2.75) is 57.5 Å². The molecule has 2 saturated heterocycles. The first-order chi connectivity index (χ1) is 14.8. The molecule has 0 radical (unpaired) electrons. The van der Waals surface area contributed by atoms with Gasteiger partial charge >= 0.3 is 5.97 Å². The maximum Gasteiger partial charge on any atom is 0.335 e. The molecule has 0 bridgehead atoms. The maximum absolute atomic E-state index is 11.7. The number of aryl methyl sites for hydroxylation is 1. The average molecular weight is 425 g/mol. The van der Waals surface area contributed by atoms with E-state index in [0.717, 1.165) is 5.56 Å². The molecule has 162 valence electrons. The molecule has 10 heteroatoms. The summed E-state index contributed by atoms with van der Waals surface area (Å²) < 4.78 is 19.2. The van der Waals surface area contributed by atoms with Gasteiger partial charge in [0.1, 0.15) is 24.6 Å². The van der Waals surface area contributed by atoms with E-state index in [-0.39, 0.29) is 0 Å². The molecule has 0 amide bonds. The van der Waals surface area contributed by atoms with Crippen molar-refractivity contribution in [2.24, 2.45) is 0 Å². The van der Waals surface area contributed by atoms with E-state index in [2.05, 4.69) is 26.4 Å². The van der Waals surface area contributed by atoms with Crippen molar-refractivity contribution in [1.82, 2.24) is 19.6 Å². The third kappa shape index (κ3) is 3.52. The lowest BCUT2D eigenvalue weighted by Gasteiger charge is -2.22. The number of hydrogen-bond acceptors (Lipinski definition) is 8. The highest BCUT2D eigenvalue weighted by molar-refractivity contribution is 5.74. The van der Waals surface area contributed by atoms with Crippen LogP contribution in [0.15, 0.2) is 36.8 Å². The summed E-state index contributed by atoms with van der Waals surface area (Å²) in [4.78, 5) is 20.5. The molecular weight excluding hydrogens is 402 g/mol. The lowest BCUT2D eigenvalue weighted by Crippen LogP contribution is -2.35. The maximum atomic E-state index is 11.7. The van der Waals surface area contributed by atoms with E-state index in [4.69, 9.17) is 14.2 Å². The van der Waals surface area contributed by atoms with Crippen molar-refractivity contribution in [3.05, 3.63) is 53.6 Å². The van der Waals surface area contributed by atoms with Crippen LogP contribution in [-0.2, 0) is 25.5 Å². The van der Waals surface area contributed by atoms with E-state index < -0.39 is 36.2 Å². The minimum Gasteiger partial charge on any atom is -0.479 e. The molecule has 0 saturated carbocycles. The molecule has 4 atom stereocenters. The van der Waals surface area contributed by atoms with Crippen LogP contribution in [0.4, 0.5) is 5.82 Å². The van der Waals surface area contributed by atoms with Crippen molar-refractivity contribution in [3.8, 4) is 0 Å². The van der Waals surface area contributed by atoms with Gasteiger partial charge in [-0.3, -0.25) is 0 Å². The van der Waals surface area contributed by atoms with Crippen LogP contribution < -0.4 is 5.32 Å². The Bertz CT molecular complexity index is 1150. The number of nitrogens with one attached hydrogen (secondary N) is 1. The number of fused-ring (bicyclic) bond motifs is 2. The Morgan fingerprint density at radius 2 is 2.06 bits per heavy atom. The van der Waals surface area contributed by atoms with Gasteiger partial charge in [-0.25, -0.2) is 19.3 Å². The Hall–Kier alpha value is -3.08. The second-order valence-electron chi connectivity index (χ2n) is 8.25. The van der Waals surface area contributed by atoms with E-state index in [1.54, 1.807) is 24.6 Å². The van der Waals surface area contributed by atoms with Gasteiger partial charge in [-0.2, -0.15) is 5.10 Å². The standard InChI is InChI=1S/C21H23N5O5/c1-11-5-4-6-12(7-11)8-22-18-19-23-9-13(26(19)25-10-24-18)14-15-16(17(29-14)20(27)28)31-21(2,3)30-15/h4-7,9-10,14-17H,8H2,1-3H3,(H,27,28)(H,22,24,25). The Kier molecular flexibility index (Phi) is 4.65. The second kappa shape index (κ2) is 7.26. The van der Waals surface area contributed by atoms with Crippen LogP contribution >= 0.6 is 0 Å². The summed E-state index contributed by atoms with van der Waals surface area (Å²) in [6.07, 6.45) is -0.0972. The molecular formula is C21H23N5O5. The lowest BCUT2D eigenvalue weighted by molar-refractivity contribution is -0.195.